The minimum Gasteiger partial charge on any atom is -0.341 e. The molecule has 4 nitrogen and oxygen atoms in total. The predicted molar refractivity (Wildman–Crippen MR) is 99.8 cm³/mol. The summed E-state index contributed by atoms with van der Waals surface area (Å²) in [6.07, 6.45) is 2.94. The van der Waals surface area contributed by atoms with Gasteiger partial charge in [-0.2, -0.15) is 0 Å². The maximum absolute atomic E-state index is 12.5. The number of amides is 1. The zero-order valence-electron chi connectivity index (χ0n) is 14.3. The normalized spacial score (nSPS) is 17.8. The van der Waals surface area contributed by atoms with Crippen molar-refractivity contribution in [2.45, 2.75) is 45.1 Å². The average molecular weight is 373 g/mol. The van der Waals surface area contributed by atoms with Crippen LogP contribution < -0.4 is 5.73 Å². The Bertz CT molecular complexity index is 565. The summed E-state index contributed by atoms with van der Waals surface area (Å²) in [5, 5.41) is 0.625. The third kappa shape index (κ3) is 4.95. The molecule has 1 heterocycles. The van der Waals surface area contributed by atoms with E-state index in [-0.39, 0.29) is 30.0 Å². The first-order valence-corrected chi connectivity index (χ1v) is 8.61. The van der Waals surface area contributed by atoms with E-state index in [0.29, 0.717) is 42.9 Å². The first-order chi connectivity index (χ1) is 10.8. The lowest BCUT2D eigenvalue weighted by molar-refractivity contribution is -0.138. The van der Waals surface area contributed by atoms with Crippen LogP contribution in [0.15, 0.2) is 24.3 Å². The molecule has 0 bridgehead atoms. The lowest BCUT2D eigenvalue weighted by Gasteiger charge is -2.36. The van der Waals surface area contributed by atoms with Gasteiger partial charge in [0.1, 0.15) is 0 Å². The zero-order valence-corrected chi connectivity index (χ0v) is 15.8. The van der Waals surface area contributed by atoms with Crippen molar-refractivity contribution in [3.63, 3.8) is 0 Å². The molecule has 1 aromatic rings. The number of rotatable bonds is 5. The number of ketones is 1. The van der Waals surface area contributed by atoms with E-state index in [2.05, 4.69) is 0 Å². The van der Waals surface area contributed by atoms with E-state index in [1.54, 1.807) is 36.1 Å². The highest BCUT2D eigenvalue weighted by Gasteiger charge is 2.35. The third-order valence-electron chi connectivity index (χ3n) is 4.54. The third-order valence-corrected chi connectivity index (χ3v) is 4.79. The Morgan fingerprint density at radius 3 is 2.29 bits per heavy atom. The molecule has 1 aliphatic rings. The van der Waals surface area contributed by atoms with Crippen molar-refractivity contribution in [2.24, 2.45) is 11.7 Å². The van der Waals surface area contributed by atoms with Crippen LogP contribution in [0.3, 0.4) is 0 Å². The second-order valence-corrected chi connectivity index (χ2v) is 7.04. The van der Waals surface area contributed by atoms with Crippen LogP contribution in [0.5, 0.6) is 0 Å². The molecule has 134 valence electrons. The summed E-state index contributed by atoms with van der Waals surface area (Å²) in [5.41, 5.74) is 6.02. The summed E-state index contributed by atoms with van der Waals surface area (Å²) >= 11 is 5.86. The van der Waals surface area contributed by atoms with Gasteiger partial charge in [-0.05, 0) is 50.5 Å². The summed E-state index contributed by atoms with van der Waals surface area (Å²) in [6.45, 7) is 5.01. The highest BCUT2D eigenvalue weighted by atomic mass is 35.5. The van der Waals surface area contributed by atoms with Crippen LogP contribution in [0, 0.1) is 5.92 Å². The fourth-order valence-corrected chi connectivity index (χ4v) is 3.31. The van der Waals surface area contributed by atoms with Gasteiger partial charge in [0.25, 0.3) is 0 Å². The zero-order chi connectivity index (χ0) is 17.0. The van der Waals surface area contributed by atoms with Crippen LogP contribution in [-0.4, -0.2) is 35.2 Å². The molecule has 1 aliphatic heterocycles. The largest absolute Gasteiger partial charge is 0.341 e. The summed E-state index contributed by atoms with van der Waals surface area (Å²) in [4.78, 5) is 26.8. The molecule has 0 spiro atoms. The van der Waals surface area contributed by atoms with Gasteiger partial charge in [-0.1, -0.05) is 24.9 Å². The smallest absolute Gasteiger partial charge is 0.242 e. The molecule has 1 atom stereocenters. The van der Waals surface area contributed by atoms with Gasteiger partial charge in [0.15, 0.2) is 5.78 Å². The average Bonchev–Trinajstić information content (AvgIpc) is 2.54. The second kappa shape index (κ2) is 8.84. The number of carbonyl (C=O) groups is 2. The Kier molecular flexibility index (Phi) is 7.71. The van der Waals surface area contributed by atoms with Crippen molar-refractivity contribution in [1.82, 2.24) is 4.90 Å². The first kappa shape index (κ1) is 20.9. The molecule has 0 aliphatic carbocycles. The van der Waals surface area contributed by atoms with Crippen molar-refractivity contribution in [3.8, 4) is 0 Å². The number of benzene rings is 1. The van der Waals surface area contributed by atoms with Crippen LogP contribution in [0.25, 0.3) is 0 Å². The summed E-state index contributed by atoms with van der Waals surface area (Å²) in [6, 6.07) is 7.00. The fraction of sp³-hybridized carbons (Fsp3) is 0.556. The molecule has 1 amide bonds. The van der Waals surface area contributed by atoms with Gasteiger partial charge in [-0.3, -0.25) is 9.59 Å². The Hall–Kier alpha value is -1.10. The number of hydrogen-bond donors (Lipinski definition) is 1. The molecule has 0 saturated carbocycles. The number of carbonyl (C=O) groups excluding carboxylic acids is 2. The number of halogens is 2. The number of nitrogens with zero attached hydrogens (tertiary/aromatic N) is 1. The minimum atomic E-state index is -0.804. The number of Topliss-reactive ketones (excluding diaryl/α,β-unsaturated/α-hetero) is 1. The lowest BCUT2D eigenvalue weighted by Crippen LogP contribution is -2.55. The summed E-state index contributed by atoms with van der Waals surface area (Å²) in [7, 11) is 0. The quantitative estimate of drug-likeness (QED) is 0.801. The summed E-state index contributed by atoms with van der Waals surface area (Å²) in [5.74, 6) is 0.102. The Morgan fingerprint density at radius 1 is 1.25 bits per heavy atom. The fourth-order valence-electron chi connectivity index (χ4n) is 3.18. The van der Waals surface area contributed by atoms with E-state index >= 15 is 0 Å². The van der Waals surface area contributed by atoms with Crippen molar-refractivity contribution in [2.75, 3.05) is 13.1 Å². The molecule has 2 rings (SSSR count). The topological polar surface area (TPSA) is 63.4 Å². The van der Waals surface area contributed by atoms with Crippen LogP contribution >= 0.6 is 24.0 Å². The number of nitrogens with two attached hydrogens (primary N) is 1. The van der Waals surface area contributed by atoms with E-state index in [1.807, 2.05) is 6.92 Å². The van der Waals surface area contributed by atoms with Crippen molar-refractivity contribution in [1.29, 1.82) is 0 Å². The molecule has 2 N–H and O–H groups in total. The predicted octanol–water partition coefficient (Wildman–Crippen LogP) is 3.70. The van der Waals surface area contributed by atoms with Crippen LogP contribution in [0.2, 0.25) is 5.02 Å². The monoisotopic (exact) mass is 372 g/mol. The number of hydrogen-bond acceptors (Lipinski definition) is 3. The lowest BCUT2D eigenvalue weighted by atomic mass is 9.87. The highest BCUT2D eigenvalue weighted by Crippen LogP contribution is 2.24. The SMILES string of the molecule is CCCC(C)(N)C(=O)N1CCC(C(=O)c2ccc(Cl)cc2)CC1.Cl. The molecule has 1 saturated heterocycles. The van der Waals surface area contributed by atoms with Crippen molar-refractivity contribution in [3.05, 3.63) is 34.9 Å². The molecular weight excluding hydrogens is 347 g/mol. The van der Waals surface area contributed by atoms with E-state index in [1.165, 1.54) is 0 Å². The van der Waals surface area contributed by atoms with Crippen molar-refractivity contribution < 1.29 is 9.59 Å². The molecular formula is C18H26Cl2N2O2. The van der Waals surface area contributed by atoms with E-state index in [9.17, 15) is 9.59 Å². The maximum Gasteiger partial charge on any atom is 0.242 e. The van der Waals surface area contributed by atoms with Gasteiger partial charge in [-0.15, -0.1) is 12.4 Å². The van der Waals surface area contributed by atoms with Gasteiger partial charge < -0.3 is 10.6 Å². The van der Waals surface area contributed by atoms with Gasteiger partial charge in [0.05, 0.1) is 5.54 Å². The van der Waals surface area contributed by atoms with Crippen molar-refractivity contribution >= 4 is 35.7 Å². The maximum atomic E-state index is 12.5. The molecule has 1 unspecified atom stereocenters. The Morgan fingerprint density at radius 2 is 1.79 bits per heavy atom. The van der Waals surface area contributed by atoms with Crippen LogP contribution in [0.1, 0.15) is 49.9 Å². The number of piperidine rings is 1. The molecule has 1 aromatic carbocycles. The van der Waals surface area contributed by atoms with E-state index in [4.69, 9.17) is 17.3 Å². The second-order valence-electron chi connectivity index (χ2n) is 6.61. The highest BCUT2D eigenvalue weighted by molar-refractivity contribution is 6.30. The Labute approximate surface area is 155 Å². The van der Waals surface area contributed by atoms with Gasteiger partial charge in [0, 0.05) is 29.6 Å². The first-order valence-electron chi connectivity index (χ1n) is 8.23. The molecule has 24 heavy (non-hydrogen) atoms. The molecule has 0 radical (unpaired) electrons. The summed E-state index contributed by atoms with van der Waals surface area (Å²) < 4.78 is 0. The van der Waals surface area contributed by atoms with Crippen LogP contribution in [-0.2, 0) is 4.79 Å². The van der Waals surface area contributed by atoms with Gasteiger partial charge in [0.2, 0.25) is 5.91 Å². The standard InChI is InChI=1S/C18H25ClN2O2.ClH/c1-3-10-18(2,20)17(23)21-11-8-14(9-12-21)16(22)13-4-6-15(19)7-5-13;/h4-7,14H,3,8-12,20H2,1-2H3;1H. The van der Waals surface area contributed by atoms with E-state index < -0.39 is 5.54 Å². The Balaban J connectivity index is 0.00000288. The van der Waals surface area contributed by atoms with Gasteiger partial charge >= 0.3 is 0 Å². The van der Waals surface area contributed by atoms with Gasteiger partial charge in [-0.25, -0.2) is 0 Å². The molecule has 6 heteroatoms. The van der Waals surface area contributed by atoms with E-state index in [0.717, 1.165) is 6.42 Å². The molecule has 1 fully saturated rings. The molecule has 0 aromatic heterocycles. The number of likely N-dealkylation sites (tertiary alicyclic amines) is 1. The van der Waals surface area contributed by atoms with Crippen LogP contribution in [0.4, 0.5) is 0 Å². The minimum absolute atomic E-state index is 0.